The van der Waals surface area contributed by atoms with Crippen LogP contribution in [0.3, 0.4) is 0 Å². The Hall–Kier alpha value is -1.31. The average Bonchev–Trinajstić information content (AvgIpc) is 2.62. The molecule has 0 N–H and O–H groups in total. The molecule has 0 aliphatic heterocycles. The van der Waals surface area contributed by atoms with E-state index in [1.165, 1.54) is 5.56 Å². The van der Waals surface area contributed by atoms with Gasteiger partial charge in [0, 0.05) is 5.39 Å². The van der Waals surface area contributed by atoms with Gasteiger partial charge in [0.2, 0.25) is 0 Å². The van der Waals surface area contributed by atoms with E-state index in [9.17, 15) is 0 Å². The van der Waals surface area contributed by atoms with Crippen molar-refractivity contribution in [1.29, 1.82) is 0 Å². The van der Waals surface area contributed by atoms with Gasteiger partial charge in [-0.15, -0.1) is 0 Å². The van der Waals surface area contributed by atoms with Crippen LogP contribution >= 0.6 is 0 Å². The van der Waals surface area contributed by atoms with Crippen LogP contribution in [0.25, 0.3) is 10.9 Å². The summed E-state index contributed by atoms with van der Waals surface area (Å²) in [5, 5.41) is 4.98. The van der Waals surface area contributed by atoms with Gasteiger partial charge in [-0.25, -0.2) is 0 Å². The first-order valence-corrected chi connectivity index (χ1v) is 5.02. The molecule has 0 aliphatic carbocycles. The van der Waals surface area contributed by atoms with E-state index >= 15 is 0 Å². The zero-order valence-corrected chi connectivity index (χ0v) is 8.82. The maximum absolute atomic E-state index is 4.91. The molecule has 1 unspecified atom stereocenters. The molecular weight excluding hydrogens is 174 g/mol. The van der Waals surface area contributed by atoms with Crippen molar-refractivity contribution in [3.63, 3.8) is 0 Å². The van der Waals surface area contributed by atoms with Crippen LogP contribution in [0.15, 0.2) is 29.0 Å². The molecule has 2 nitrogen and oxygen atoms in total. The third-order valence-electron chi connectivity index (χ3n) is 2.91. The largest absolute Gasteiger partial charge is 0.364 e. The molecule has 0 bridgehead atoms. The number of rotatable bonds is 2. The van der Waals surface area contributed by atoms with Crippen molar-refractivity contribution < 1.29 is 4.52 Å². The molecule has 2 heteroatoms. The SMILES string of the molecule is CC(C)C(C)c1ccc2nocc2c1. The first kappa shape index (κ1) is 9.25. The Labute approximate surface area is 83.9 Å². The molecule has 14 heavy (non-hydrogen) atoms. The van der Waals surface area contributed by atoms with Crippen molar-refractivity contribution >= 4 is 10.9 Å². The van der Waals surface area contributed by atoms with E-state index < -0.39 is 0 Å². The fraction of sp³-hybridized carbons (Fsp3) is 0.417. The normalized spacial score (nSPS) is 13.7. The van der Waals surface area contributed by atoms with Crippen molar-refractivity contribution in [3.8, 4) is 0 Å². The van der Waals surface area contributed by atoms with E-state index in [-0.39, 0.29) is 0 Å². The van der Waals surface area contributed by atoms with Crippen molar-refractivity contribution in [2.45, 2.75) is 26.7 Å². The zero-order valence-electron chi connectivity index (χ0n) is 8.82. The Bertz CT molecular complexity index is 431. The van der Waals surface area contributed by atoms with Crippen molar-refractivity contribution in [1.82, 2.24) is 5.16 Å². The van der Waals surface area contributed by atoms with E-state index in [2.05, 4.69) is 38.1 Å². The molecule has 74 valence electrons. The fourth-order valence-corrected chi connectivity index (χ4v) is 1.56. The van der Waals surface area contributed by atoms with Gasteiger partial charge in [0.25, 0.3) is 0 Å². The summed E-state index contributed by atoms with van der Waals surface area (Å²) in [5.41, 5.74) is 2.29. The lowest BCUT2D eigenvalue weighted by atomic mass is 9.90. The molecule has 1 heterocycles. The first-order chi connectivity index (χ1) is 6.68. The summed E-state index contributed by atoms with van der Waals surface area (Å²) in [7, 11) is 0. The molecule has 1 atom stereocenters. The molecule has 0 aliphatic rings. The second-order valence-electron chi connectivity index (χ2n) is 4.17. The molecule has 0 saturated carbocycles. The van der Waals surface area contributed by atoms with E-state index in [0.717, 1.165) is 10.9 Å². The van der Waals surface area contributed by atoms with Crippen LogP contribution in [0.5, 0.6) is 0 Å². The van der Waals surface area contributed by atoms with E-state index in [4.69, 9.17) is 4.52 Å². The zero-order chi connectivity index (χ0) is 10.1. The number of benzene rings is 1. The van der Waals surface area contributed by atoms with Crippen molar-refractivity contribution in [2.24, 2.45) is 5.92 Å². The van der Waals surface area contributed by atoms with Gasteiger partial charge >= 0.3 is 0 Å². The van der Waals surface area contributed by atoms with Crippen LogP contribution < -0.4 is 0 Å². The molecule has 0 amide bonds. The van der Waals surface area contributed by atoms with E-state index in [0.29, 0.717) is 11.8 Å². The molecular formula is C12H15NO. The highest BCUT2D eigenvalue weighted by atomic mass is 16.5. The molecule has 0 fully saturated rings. The summed E-state index contributed by atoms with van der Waals surface area (Å²) in [4.78, 5) is 0. The summed E-state index contributed by atoms with van der Waals surface area (Å²) in [6, 6.07) is 6.32. The smallest absolute Gasteiger partial charge is 0.131 e. The van der Waals surface area contributed by atoms with Gasteiger partial charge in [0.05, 0.1) is 0 Å². The Balaban J connectivity index is 2.43. The van der Waals surface area contributed by atoms with Gasteiger partial charge in [-0.2, -0.15) is 0 Å². The van der Waals surface area contributed by atoms with Crippen LogP contribution in [0.1, 0.15) is 32.3 Å². The topological polar surface area (TPSA) is 26.0 Å². The van der Waals surface area contributed by atoms with Crippen LogP contribution in [0.2, 0.25) is 0 Å². The molecule has 1 aromatic carbocycles. The van der Waals surface area contributed by atoms with E-state index in [1.54, 1.807) is 6.26 Å². The van der Waals surface area contributed by atoms with Crippen LogP contribution in [-0.2, 0) is 0 Å². The van der Waals surface area contributed by atoms with Gasteiger partial charge in [-0.1, -0.05) is 32.0 Å². The summed E-state index contributed by atoms with van der Waals surface area (Å²) in [6.07, 6.45) is 1.70. The Morgan fingerprint density at radius 2 is 2.00 bits per heavy atom. The second-order valence-corrected chi connectivity index (χ2v) is 4.17. The minimum atomic E-state index is 0.578. The van der Waals surface area contributed by atoms with Crippen molar-refractivity contribution in [2.75, 3.05) is 0 Å². The predicted molar refractivity (Wildman–Crippen MR) is 57.3 cm³/mol. The number of hydrogen-bond donors (Lipinski definition) is 0. The minimum absolute atomic E-state index is 0.578. The van der Waals surface area contributed by atoms with Crippen molar-refractivity contribution in [3.05, 3.63) is 30.0 Å². The van der Waals surface area contributed by atoms with Crippen LogP contribution in [0.4, 0.5) is 0 Å². The molecule has 1 aromatic heterocycles. The minimum Gasteiger partial charge on any atom is -0.364 e. The number of aromatic nitrogens is 1. The van der Waals surface area contributed by atoms with Gasteiger partial charge < -0.3 is 4.52 Å². The van der Waals surface area contributed by atoms with E-state index in [1.807, 2.05) is 6.07 Å². The predicted octanol–water partition coefficient (Wildman–Crippen LogP) is 3.59. The fourth-order valence-electron chi connectivity index (χ4n) is 1.56. The molecule has 2 aromatic rings. The van der Waals surface area contributed by atoms with Gasteiger partial charge in [-0.05, 0) is 29.5 Å². The second kappa shape index (κ2) is 3.45. The molecule has 2 rings (SSSR count). The third-order valence-corrected chi connectivity index (χ3v) is 2.91. The quantitative estimate of drug-likeness (QED) is 0.721. The third kappa shape index (κ3) is 1.52. The highest BCUT2D eigenvalue weighted by Crippen LogP contribution is 2.26. The molecule has 0 spiro atoms. The molecule has 0 radical (unpaired) electrons. The summed E-state index contributed by atoms with van der Waals surface area (Å²) in [6.45, 7) is 6.73. The van der Waals surface area contributed by atoms with Gasteiger partial charge in [0.1, 0.15) is 11.8 Å². The lowest BCUT2D eigenvalue weighted by Crippen LogP contribution is -2.01. The Morgan fingerprint density at radius 1 is 1.21 bits per heavy atom. The number of hydrogen-bond acceptors (Lipinski definition) is 2. The lowest BCUT2D eigenvalue weighted by Gasteiger charge is -2.15. The van der Waals surface area contributed by atoms with Gasteiger partial charge in [-0.3, -0.25) is 0 Å². The first-order valence-electron chi connectivity index (χ1n) is 5.02. The van der Waals surface area contributed by atoms with Gasteiger partial charge in [0.15, 0.2) is 0 Å². The summed E-state index contributed by atoms with van der Waals surface area (Å²) >= 11 is 0. The standard InChI is InChI=1S/C12H15NO/c1-8(2)9(3)10-4-5-12-11(6-10)7-14-13-12/h4-9H,1-3H3. The lowest BCUT2D eigenvalue weighted by molar-refractivity contribution is 0.428. The Kier molecular flexibility index (Phi) is 2.28. The highest BCUT2D eigenvalue weighted by molar-refractivity contribution is 5.77. The monoisotopic (exact) mass is 189 g/mol. The average molecular weight is 189 g/mol. The summed E-state index contributed by atoms with van der Waals surface area (Å²) in [5.74, 6) is 1.24. The maximum Gasteiger partial charge on any atom is 0.131 e. The highest BCUT2D eigenvalue weighted by Gasteiger charge is 2.10. The number of nitrogens with zero attached hydrogens (tertiary/aromatic N) is 1. The molecule has 0 saturated heterocycles. The summed E-state index contributed by atoms with van der Waals surface area (Å²) < 4.78 is 4.91. The maximum atomic E-state index is 4.91. The number of fused-ring (bicyclic) bond motifs is 1. The van der Waals surface area contributed by atoms with Crippen LogP contribution in [0, 0.1) is 5.92 Å². The Morgan fingerprint density at radius 3 is 2.71 bits per heavy atom. The van der Waals surface area contributed by atoms with Crippen LogP contribution in [-0.4, -0.2) is 5.16 Å².